The average molecular weight is 428 g/mol. The van der Waals surface area contributed by atoms with Crippen LogP contribution in [0.4, 0.5) is 0 Å². The van der Waals surface area contributed by atoms with Crippen molar-refractivity contribution >= 4 is 35.0 Å². The summed E-state index contributed by atoms with van der Waals surface area (Å²) in [4.78, 5) is 33.0. The van der Waals surface area contributed by atoms with Gasteiger partial charge in [-0.05, 0) is 12.8 Å². The van der Waals surface area contributed by atoms with Crippen molar-refractivity contribution in [1.82, 2.24) is 14.8 Å². The van der Waals surface area contributed by atoms with Crippen molar-refractivity contribution in [2.45, 2.75) is 43.0 Å². The molecule has 0 spiro atoms. The number of rotatable bonds is 10. The predicted octanol–water partition coefficient (Wildman–Crippen LogP) is 2.52. The molecule has 7 nitrogen and oxygen atoms in total. The SMILES string of the molecule is CCCCOC(=O)c1csc(SCCN2C(=O)CCC2CN2CCOCC2)n1. The van der Waals surface area contributed by atoms with E-state index in [9.17, 15) is 9.59 Å². The van der Waals surface area contributed by atoms with E-state index >= 15 is 0 Å². The van der Waals surface area contributed by atoms with E-state index in [0.717, 1.165) is 62.2 Å². The molecule has 1 unspecified atom stereocenters. The highest BCUT2D eigenvalue weighted by atomic mass is 32.2. The molecule has 0 saturated carbocycles. The maximum absolute atomic E-state index is 12.3. The minimum Gasteiger partial charge on any atom is -0.461 e. The topological polar surface area (TPSA) is 72.0 Å². The fourth-order valence-electron chi connectivity index (χ4n) is 3.40. The summed E-state index contributed by atoms with van der Waals surface area (Å²) in [7, 11) is 0. The van der Waals surface area contributed by atoms with Crippen LogP contribution in [0, 0.1) is 0 Å². The highest BCUT2D eigenvalue weighted by Gasteiger charge is 2.32. The van der Waals surface area contributed by atoms with Gasteiger partial charge in [0.2, 0.25) is 5.91 Å². The summed E-state index contributed by atoms with van der Waals surface area (Å²) in [6.45, 7) is 7.61. The fraction of sp³-hybridized carbons (Fsp3) is 0.737. The van der Waals surface area contributed by atoms with E-state index < -0.39 is 0 Å². The first kappa shape index (κ1) is 21.5. The zero-order valence-corrected chi connectivity index (χ0v) is 18.1. The zero-order chi connectivity index (χ0) is 19.8. The minimum atomic E-state index is -0.350. The first-order valence-electron chi connectivity index (χ1n) is 10.0. The number of esters is 1. The number of aromatic nitrogens is 1. The highest BCUT2D eigenvalue weighted by molar-refractivity contribution is 8.01. The van der Waals surface area contributed by atoms with Crippen LogP contribution in [0.5, 0.6) is 0 Å². The van der Waals surface area contributed by atoms with Crippen molar-refractivity contribution in [1.29, 1.82) is 0 Å². The lowest BCUT2D eigenvalue weighted by Crippen LogP contribution is -2.46. The Kier molecular flexibility index (Phi) is 8.57. The Labute approximate surface area is 174 Å². The lowest BCUT2D eigenvalue weighted by atomic mass is 10.2. The predicted molar refractivity (Wildman–Crippen MR) is 110 cm³/mol. The average Bonchev–Trinajstić information content (AvgIpc) is 3.31. The third kappa shape index (κ3) is 6.17. The van der Waals surface area contributed by atoms with Crippen LogP contribution in [0.25, 0.3) is 0 Å². The largest absolute Gasteiger partial charge is 0.461 e. The van der Waals surface area contributed by atoms with Crippen molar-refractivity contribution < 1.29 is 19.1 Å². The van der Waals surface area contributed by atoms with E-state index in [1.807, 2.05) is 4.90 Å². The summed E-state index contributed by atoms with van der Waals surface area (Å²) in [5, 5.41) is 1.75. The van der Waals surface area contributed by atoms with Gasteiger partial charge in [0.25, 0.3) is 0 Å². The van der Waals surface area contributed by atoms with Crippen LogP contribution in [-0.2, 0) is 14.3 Å². The van der Waals surface area contributed by atoms with E-state index in [-0.39, 0.29) is 11.9 Å². The van der Waals surface area contributed by atoms with Gasteiger partial charge in [-0.3, -0.25) is 9.69 Å². The zero-order valence-electron chi connectivity index (χ0n) is 16.4. The van der Waals surface area contributed by atoms with Crippen molar-refractivity contribution in [3.8, 4) is 0 Å². The van der Waals surface area contributed by atoms with Crippen LogP contribution >= 0.6 is 23.1 Å². The van der Waals surface area contributed by atoms with Crippen molar-refractivity contribution in [3.05, 3.63) is 11.1 Å². The molecule has 0 N–H and O–H groups in total. The monoisotopic (exact) mass is 427 g/mol. The smallest absolute Gasteiger partial charge is 0.357 e. The number of thiazole rings is 1. The molecule has 1 aromatic rings. The van der Waals surface area contributed by atoms with Crippen molar-refractivity contribution in [2.75, 3.05) is 51.8 Å². The van der Waals surface area contributed by atoms with Gasteiger partial charge in [-0.1, -0.05) is 25.1 Å². The Morgan fingerprint density at radius 2 is 2.25 bits per heavy atom. The second-order valence-electron chi connectivity index (χ2n) is 7.03. The maximum Gasteiger partial charge on any atom is 0.357 e. The van der Waals surface area contributed by atoms with Crippen LogP contribution in [0.2, 0.25) is 0 Å². The van der Waals surface area contributed by atoms with Gasteiger partial charge in [0.15, 0.2) is 10.0 Å². The van der Waals surface area contributed by atoms with E-state index in [4.69, 9.17) is 9.47 Å². The minimum absolute atomic E-state index is 0.248. The summed E-state index contributed by atoms with van der Waals surface area (Å²) in [5.41, 5.74) is 0.381. The summed E-state index contributed by atoms with van der Waals surface area (Å²) in [6.07, 6.45) is 3.44. The van der Waals surface area contributed by atoms with Gasteiger partial charge in [0, 0.05) is 49.8 Å². The summed E-state index contributed by atoms with van der Waals surface area (Å²) < 4.78 is 11.5. The van der Waals surface area contributed by atoms with Crippen LogP contribution < -0.4 is 0 Å². The molecule has 0 aliphatic carbocycles. The number of carbonyl (C=O) groups is 2. The molecule has 3 heterocycles. The lowest BCUT2D eigenvalue weighted by Gasteiger charge is -2.32. The Balaban J connectivity index is 1.43. The number of morpholine rings is 1. The Morgan fingerprint density at radius 3 is 3.04 bits per heavy atom. The van der Waals surface area contributed by atoms with Gasteiger partial charge >= 0.3 is 5.97 Å². The molecule has 2 saturated heterocycles. The third-order valence-corrected chi connectivity index (χ3v) is 7.01. The van der Waals surface area contributed by atoms with Crippen LogP contribution in [0.15, 0.2) is 9.72 Å². The van der Waals surface area contributed by atoms with Crippen LogP contribution in [0.3, 0.4) is 0 Å². The Morgan fingerprint density at radius 1 is 1.43 bits per heavy atom. The van der Waals surface area contributed by atoms with E-state index in [1.54, 1.807) is 17.1 Å². The van der Waals surface area contributed by atoms with Gasteiger partial charge in [-0.2, -0.15) is 0 Å². The summed E-state index contributed by atoms with van der Waals surface area (Å²) >= 11 is 3.05. The van der Waals surface area contributed by atoms with Crippen molar-refractivity contribution in [2.24, 2.45) is 0 Å². The quantitative estimate of drug-likeness (QED) is 0.323. The highest BCUT2D eigenvalue weighted by Crippen LogP contribution is 2.25. The number of amides is 1. The molecule has 0 bridgehead atoms. The Hall–Kier alpha value is -1.16. The number of hydrogen-bond acceptors (Lipinski definition) is 8. The molecule has 9 heteroatoms. The molecule has 156 valence electrons. The molecular formula is C19H29N3O4S2. The van der Waals surface area contributed by atoms with Gasteiger partial charge in [-0.15, -0.1) is 11.3 Å². The maximum atomic E-state index is 12.3. The second-order valence-corrected chi connectivity index (χ2v) is 9.23. The summed E-state index contributed by atoms with van der Waals surface area (Å²) in [5.74, 6) is 0.679. The van der Waals surface area contributed by atoms with Crippen LogP contribution in [-0.4, -0.2) is 84.5 Å². The number of hydrogen-bond donors (Lipinski definition) is 0. The number of unbranched alkanes of at least 4 members (excludes halogenated alkanes) is 1. The number of thioether (sulfide) groups is 1. The molecule has 1 amide bonds. The normalized spacial score (nSPS) is 20.7. The second kappa shape index (κ2) is 11.1. The lowest BCUT2D eigenvalue weighted by molar-refractivity contribution is -0.129. The molecule has 28 heavy (non-hydrogen) atoms. The number of likely N-dealkylation sites (tertiary alicyclic amines) is 1. The standard InChI is InChI=1S/C19H29N3O4S2/c1-2-3-9-26-18(24)16-14-28-19(20-16)27-12-8-22-15(4-5-17(22)23)13-21-6-10-25-11-7-21/h14-15H,2-13H2,1H3. The molecule has 2 aliphatic heterocycles. The van der Waals surface area contributed by atoms with Gasteiger partial charge in [0.1, 0.15) is 0 Å². The number of nitrogens with zero attached hydrogens (tertiary/aromatic N) is 3. The number of ether oxygens (including phenoxy) is 2. The van der Waals surface area contributed by atoms with Gasteiger partial charge in [0.05, 0.1) is 19.8 Å². The van der Waals surface area contributed by atoms with E-state index in [1.165, 1.54) is 11.3 Å². The third-order valence-electron chi connectivity index (χ3n) is 5.01. The Bertz CT molecular complexity index is 649. The van der Waals surface area contributed by atoms with Gasteiger partial charge < -0.3 is 14.4 Å². The molecule has 2 fully saturated rings. The molecule has 2 aliphatic rings. The molecule has 0 aromatic carbocycles. The van der Waals surface area contributed by atoms with E-state index in [2.05, 4.69) is 16.8 Å². The molecule has 1 aromatic heterocycles. The van der Waals surface area contributed by atoms with Crippen molar-refractivity contribution in [3.63, 3.8) is 0 Å². The summed E-state index contributed by atoms with van der Waals surface area (Å²) in [6, 6.07) is 0.298. The van der Waals surface area contributed by atoms with Gasteiger partial charge in [-0.25, -0.2) is 9.78 Å². The molecular weight excluding hydrogens is 398 g/mol. The fourth-order valence-corrected chi connectivity index (χ4v) is 5.21. The van der Waals surface area contributed by atoms with E-state index in [0.29, 0.717) is 31.3 Å². The molecule has 1 atom stereocenters. The number of carbonyl (C=O) groups excluding carboxylic acids is 2. The van der Waals surface area contributed by atoms with Crippen LogP contribution in [0.1, 0.15) is 43.1 Å². The first-order chi connectivity index (χ1) is 13.7. The first-order valence-corrected chi connectivity index (χ1v) is 11.9. The molecule has 0 radical (unpaired) electrons. The molecule has 3 rings (SSSR count).